The van der Waals surface area contributed by atoms with E-state index in [0.29, 0.717) is 0 Å². The van der Waals surface area contributed by atoms with Crippen LogP contribution < -0.4 is 20.5 Å². The maximum Gasteiger partial charge on any atom is 0.290 e. The van der Waals surface area contributed by atoms with Crippen LogP contribution in [-0.2, 0) is 14.3 Å². The van der Waals surface area contributed by atoms with Crippen molar-refractivity contribution in [3.8, 4) is 17.2 Å². The van der Waals surface area contributed by atoms with Gasteiger partial charge in [-0.25, -0.2) is 4.98 Å². The highest BCUT2D eigenvalue weighted by molar-refractivity contribution is 9.10. The highest BCUT2D eigenvalue weighted by Crippen LogP contribution is 2.30. The van der Waals surface area contributed by atoms with Crippen LogP contribution in [0.1, 0.15) is 45.7 Å². The summed E-state index contributed by atoms with van der Waals surface area (Å²) in [5.74, 6) is 1.75. The molecule has 1 aromatic heterocycles. The van der Waals surface area contributed by atoms with Gasteiger partial charge in [-0.05, 0) is 132 Å². The number of aryl methyl sites for hydroxylation is 2. The molecule has 0 aliphatic rings. The Balaban J connectivity index is 0.000000280. The number of rotatable bonds is 9. The van der Waals surface area contributed by atoms with Gasteiger partial charge in [-0.2, -0.15) is 0 Å². The molecule has 5 rings (SSSR count). The van der Waals surface area contributed by atoms with Crippen LogP contribution in [0.3, 0.4) is 0 Å². The van der Waals surface area contributed by atoms with Crippen molar-refractivity contribution >= 4 is 66.4 Å². The van der Waals surface area contributed by atoms with Gasteiger partial charge in [0.25, 0.3) is 6.47 Å². The van der Waals surface area contributed by atoms with Crippen molar-refractivity contribution < 1.29 is 28.8 Å². The maximum atomic E-state index is 8.36. The van der Waals surface area contributed by atoms with E-state index in [2.05, 4.69) is 75.3 Å². The molecule has 0 atom stereocenters. The Bertz CT molecular complexity index is 1760. The number of carboxylic acid groups (broad SMARTS) is 1. The molecular formula is C38H48Br2N4O6. The van der Waals surface area contributed by atoms with E-state index in [1.807, 2.05) is 109 Å². The fourth-order valence-corrected chi connectivity index (χ4v) is 4.92. The monoisotopic (exact) mass is 814 g/mol. The van der Waals surface area contributed by atoms with Crippen molar-refractivity contribution in [1.29, 1.82) is 0 Å². The van der Waals surface area contributed by atoms with Crippen LogP contribution in [0.25, 0.3) is 16.7 Å². The summed E-state index contributed by atoms with van der Waals surface area (Å²) in [6.07, 6.45) is 2.15. The van der Waals surface area contributed by atoms with Crippen LogP contribution >= 0.6 is 31.9 Å². The molecule has 4 N–H and O–H groups in total. The first-order valence-corrected chi connectivity index (χ1v) is 17.4. The van der Waals surface area contributed by atoms with Gasteiger partial charge in [0.2, 0.25) is 0 Å². The van der Waals surface area contributed by atoms with Gasteiger partial charge in [0.15, 0.2) is 6.29 Å². The number of nitrogens with zero attached hydrogens (tertiary/aromatic N) is 2. The summed E-state index contributed by atoms with van der Waals surface area (Å²) in [5.41, 5.74) is 14.1. The van der Waals surface area contributed by atoms with Crippen LogP contribution in [0.2, 0.25) is 0 Å². The largest absolute Gasteiger partial charge is 0.491 e. The molecule has 50 heavy (non-hydrogen) atoms. The molecule has 0 spiro atoms. The Morgan fingerprint density at radius 2 is 1.28 bits per heavy atom. The van der Waals surface area contributed by atoms with Gasteiger partial charge in [0, 0.05) is 34.5 Å². The smallest absolute Gasteiger partial charge is 0.290 e. The molecule has 270 valence electrons. The van der Waals surface area contributed by atoms with Crippen LogP contribution in [-0.4, -0.2) is 53.8 Å². The highest BCUT2D eigenvalue weighted by atomic mass is 79.9. The molecule has 5 aromatic rings. The fourth-order valence-electron chi connectivity index (χ4n) is 4.25. The van der Waals surface area contributed by atoms with Crippen LogP contribution in [0, 0.1) is 13.8 Å². The minimum absolute atomic E-state index is 0.0648. The lowest BCUT2D eigenvalue weighted by Gasteiger charge is -2.13. The maximum absolute atomic E-state index is 8.36. The number of nitrogens with one attached hydrogen (secondary N) is 1. The average Bonchev–Trinajstić information content (AvgIpc) is 3.47. The van der Waals surface area contributed by atoms with Gasteiger partial charge < -0.3 is 35.1 Å². The summed E-state index contributed by atoms with van der Waals surface area (Å²) in [6.45, 7) is 13.7. The zero-order valence-corrected chi connectivity index (χ0v) is 33.2. The number of aromatic nitrogens is 2. The van der Waals surface area contributed by atoms with Gasteiger partial charge in [-0.15, -0.1) is 0 Å². The third kappa shape index (κ3) is 13.7. The zero-order valence-electron chi connectivity index (χ0n) is 30.0. The molecule has 0 unspecified atom stereocenters. The molecule has 0 aliphatic heterocycles. The number of hydrogen-bond donors (Lipinski definition) is 3. The van der Waals surface area contributed by atoms with Crippen LogP contribution in [0.5, 0.6) is 11.5 Å². The number of hydrogen-bond acceptors (Lipinski definition) is 8. The Morgan fingerprint density at radius 3 is 1.76 bits per heavy atom. The Labute approximate surface area is 312 Å². The molecule has 1 heterocycles. The molecule has 0 amide bonds. The number of fused-ring (bicyclic) bond motifs is 1. The van der Waals surface area contributed by atoms with E-state index in [1.54, 1.807) is 14.2 Å². The van der Waals surface area contributed by atoms with Crippen molar-refractivity contribution in [3.05, 3.63) is 99.2 Å². The van der Waals surface area contributed by atoms with Gasteiger partial charge >= 0.3 is 0 Å². The van der Waals surface area contributed by atoms with E-state index in [4.69, 9.17) is 25.1 Å². The van der Waals surface area contributed by atoms with E-state index in [0.717, 1.165) is 59.8 Å². The molecule has 12 heteroatoms. The number of ether oxygens (including phenoxy) is 4. The Morgan fingerprint density at radius 1 is 0.800 bits per heavy atom. The number of anilines is 3. The molecule has 0 saturated carbocycles. The number of nitrogens with two attached hydrogens (primary N) is 1. The Hall–Kier alpha value is -4.10. The molecule has 0 saturated heterocycles. The predicted octanol–water partition coefficient (Wildman–Crippen LogP) is 10.1. The number of nitrogen functional groups attached to an aromatic ring is 1. The highest BCUT2D eigenvalue weighted by Gasteiger charge is 2.08. The first kappa shape index (κ1) is 42.1. The fraction of sp³-hybridized carbons (Fsp3) is 0.316. The summed E-state index contributed by atoms with van der Waals surface area (Å²) in [5, 5.41) is 10.2. The second-order valence-electron chi connectivity index (χ2n) is 11.5. The Kier molecular flexibility index (Phi) is 17.8. The molecule has 4 aromatic carbocycles. The average molecular weight is 817 g/mol. The first-order chi connectivity index (χ1) is 23.7. The predicted molar refractivity (Wildman–Crippen MR) is 210 cm³/mol. The molecular weight excluding hydrogens is 768 g/mol. The van der Waals surface area contributed by atoms with Crippen molar-refractivity contribution in [1.82, 2.24) is 9.55 Å². The molecule has 10 nitrogen and oxygen atoms in total. The second kappa shape index (κ2) is 21.2. The topological polar surface area (TPSA) is 130 Å². The summed E-state index contributed by atoms with van der Waals surface area (Å²) in [4.78, 5) is 12.8. The van der Waals surface area contributed by atoms with Gasteiger partial charge in [0.05, 0.1) is 34.6 Å². The van der Waals surface area contributed by atoms with E-state index in [-0.39, 0.29) is 25.0 Å². The van der Waals surface area contributed by atoms with Gasteiger partial charge in [0.1, 0.15) is 17.8 Å². The number of halogens is 2. The van der Waals surface area contributed by atoms with E-state index in [1.165, 1.54) is 5.56 Å². The standard InChI is InChI=1S/C17H17BrN2O.C16H19BrN2O.C4H10O2.CH2O2/c1-11(2)21-14-6-4-13(5-7-14)20-10-19-16-8-12(3)15(18)9-17(16)20;1-10(2)20-13-6-4-12(5-7-13)19-16-9-14(17)11(3)8-15(16)18;1-4(5-2)6-3;2-1-3/h4-11H,1-3H3;4-10,19H,18H2,1-3H3;4H,1-3H3;1H,(H,2,3). The minimum atomic E-state index is -0.250. The molecule has 0 bridgehead atoms. The van der Waals surface area contributed by atoms with Crippen LogP contribution in [0.15, 0.2) is 88.1 Å². The normalized spacial score (nSPS) is 10.4. The lowest BCUT2D eigenvalue weighted by molar-refractivity contribution is -0.122. The minimum Gasteiger partial charge on any atom is -0.491 e. The van der Waals surface area contributed by atoms with Crippen LogP contribution in [0.4, 0.5) is 17.1 Å². The lowest BCUT2D eigenvalue weighted by Crippen LogP contribution is -2.05. The number of carbonyl (C=O) groups is 1. The quantitative estimate of drug-likeness (QED) is 0.0756. The molecule has 0 fully saturated rings. The third-order valence-electron chi connectivity index (χ3n) is 6.81. The number of methoxy groups -OCH3 is 2. The van der Waals surface area contributed by atoms with Crippen molar-refractivity contribution in [2.24, 2.45) is 0 Å². The van der Waals surface area contributed by atoms with Gasteiger partial charge in [-0.1, -0.05) is 31.9 Å². The van der Waals surface area contributed by atoms with E-state index >= 15 is 0 Å². The summed E-state index contributed by atoms with van der Waals surface area (Å²) < 4.78 is 24.9. The van der Waals surface area contributed by atoms with Gasteiger partial charge in [-0.3, -0.25) is 9.36 Å². The second-order valence-corrected chi connectivity index (χ2v) is 13.2. The zero-order chi connectivity index (χ0) is 37.4. The summed E-state index contributed by atoms with van der Waals surface area (Å²) in [6, 6.07) is 24.1. The van der Waals surface area contributed by atoms with Crippen molar-refractivity contribution in [2.75, 3.05) is 25.3 Å². The lowest BCUT2D eigenvalue weighted by atomic mass is 10.2. The van der Waals surface area contributed by atoms with E-state index < -0.39 is 0 Å². The third-order valence-corrected chi connectivity index (χ3v) is 8.52. The van der Waals surface area contributed by atoms with Crippen molar-refractivity contribution in [2.45, 2.75) is 67.0 Å². The van der Waals surface area contributed by atoms with E-state index in [9.17, 15) is 0 Å². The number of benzene rings is 4. The van der Waals surface area contributed by atoms with Crippen molar-refractivity contribution in [3.63, 3.8) is 0 Å². The first-order valence-electron chi connectivity index (χ1n) is 15.9. The number of imidazole rings is 1. The molecule has 0 radical (unpaired) electrons. The summed E-state index contributed by atoms with van der Waals surface area (Å²) in [7, 11) is 3.21. The molecule has 0 aliphatic carbocycles. The summed E-state index contributed by atoms with van der Waals surface area (Å²) >= 11 is 7.10. The SMILES string of the molecule is COC(C)OC.Cc1cc(N)c(Nc2ccc(OC(C)C)cc2)cc1Br.Cc1cc2ncn(-c3ccc(OC(C)C)cc3)c2cc1Br.O=CO.